The molecule has 0 aliphatic carbocycles. The number of benzene rings is 2. The van der Waals surface area contributed by atoms with E-state index in [1.807, 2.05) is 19.1 Å². The molecule has 6 heteroatoms. The Morgan fingerprint density at radius 1 is 1.19 bits per heavy atom. The van der Waals surface area contributed by atoms with E-state index in [0.717, 1.165) is 17.4 Å². The number of carbonyl (C=O) groups is 2. The van der Waals surface area contributed by atoms with Gasteiger partial charge in [0.1, 0.15) is 11.9 Å². The molecule has 5 nitrogen and oxygen atoms in total. The number of carboxylic acid groups (broad SMARTS) is 1. The van der Waals surface area contributed by atoms with Gasteiger partial charge >= 0.3 is 5.97 Å². The molecule has 2 aromatic carbocycles. The van der Waals surface area contributed by atoms with Crippen molar-refractivity contribution in [3.63, 3.8) is 0 Å². The van der Waals surface area contributed by atoms with Gasteiger partial charge in [0.2, 0.25) is 0 Å². The number of carboxylic acids is 1. The maximum absolute atomic E-state index is 13.3. The molecule has 1 atom stereocenters. The topological polar surface area (TPSA) is 82.2 Å². The van der Waals surface area contributed by atoms with Crippen LogP contribution in [0, 0.1) is 5.82 Å². The number of amides is 1. The molecule has 134 valence electrons. The van der Waals surface area contributed by atoms with Crippen molar-refractivity contribution in [1.29, 1.82) is 0 Å². The molecule has 1 amide bonds. The summed E-state index contributed by atoms with van der Waals surface area (Å²) in [5, 5.41) is 12.8. The number of rotatable bonds is 6. The van der Waals surface area contributed by atoms with Gasteiger partial charge in [-0.1, -0.05) is 19.1 Å². The molecular formula is C20H19FN2O3. The number of aryl methyl sites for hydroxylation is 1. The predicted octanol–water partition coefficient (Wildman–Crippen LogP) is 3.30. The van der Waals surface area contributed by atoms with Crippen LogP contribution < -0.4 is 5.32 Å². The fourth-order valence-electron chi connectivity index (χ4n) is 2.88. The van der Waals surface area contributed by atoms with Crippen LogP contribution in [0.4, 0.5) is 4.39 Å². The maximum atomic E-state index is 13.3. The monoisotopic (exact) mass is 354 g/mol. The van der Waals surface area contributed by atoms with Gasteiger partial charge in [0.25, 0.3) is 5.91 Å². The third-order valence-electron chi connectivity index (χ3n) is 4.38. The number of aromatic nitrogens is 1. The standard InChI is InChI=1S/C20H19FN2O3/c1-2-12-3-5-13(6-4-12)19(24)23-18(20(25)26)9-14-11-22-17-10-15(21)7-8-16(14)17/h3-8,10-11,18,22H,2,9H2,1H3,(H,23,24)(H,25,26). The van der Waals surface area contributed by atoms with Gasteiger partial charge < -0.3 is 15.4 Å². The molecule has 3 N–H and O–H groups in total. The zero-order valence-electron chi connectivity index (χ0n) is 14.3. The molecule has 0 radical (unpaired) electrons. The van der Waals surface area contributed by atoms with Gasteiger partial charge in [-0.25, -0.2) is 9.18 Å². The largest absolute Gasteiger partial charge is 0.480 e. The molecule has 0 aliphatic heterocycles. The maximum Gasteiger partial charge on any atom is 0.326 e. The summed E-state index contributed by atoms with van der Waals surface area (Å²) in [4.78, 5) is 26.9. The number of nitrogens with one attached hydrogen (secondary N) is 2. The Balaban J connectivity index is 1.78. The molecule has 0 aliphatic rings. The molecule has 3 aromatic rings. The zero-order chi connectivity index (χ0) is 18.7. The van der Waals surface area contributed by atoms with E-state index < -0.39 is 17.9 Å². The number of aromatic amines is 1. The Morgan fingerprint density at radius 3 is 2.58 bits per heavy atom. The zero-order valence-corrected chi connectivity index (χ0v) is 14.3. The molecule has 0 fully saturated rings. The van der Waals surface area contributed by atoms with Crippen LogP contribution in [0.3, 0.4) is 0 Å². The minimum absolute atomic E-state index is 0.0970. The molecule has 0 saturated carbocycles. The quantitative estimate of drug-likeness (QED) is 0.635. The summed E-state index contributed by atoms with van der Waals surface area (Å²) in [5.74, 6) is -1.93. The van der Waals surface area contributed by atoms with Crippen LogP contribution in [0.25, 0.3) is 10.9 Å². The minimum atomic E-state index is -1.13. The Bertz CT molecular complexity index is 947. The summed E-state index contributed by atoms with van der Waals surface area (Å²) in [5.41, 5.74) is 2.80. The van der Waals surface area contributed by atoms with Crippen LogP contribution in [0.1, 0.15) is 28.4 Å². The smallest absolute Gasteiger partial charge is 0.326 e. The van der Waals surface area contributed by atoms with Crippen molar-refractivity contribution in [1.82, 2.24) is 10.3 Å². The van der Waals surface area contributed by atoms with Gasteiger partial charge in [-0.2, -0.15) is 0 Å². The van der Waals surface area contributed by atoms with E-state index in [0.29, 0.717) is 16.6 Å². The third kappa shape index (κ3) is 3.74. The Hall–Kier alpha value is -3.15. The number of H-pyrrole nitrogens is 1. The fourth-order valence-corrected chi connectivity index (χ4v) is 2.88. The summed E-state index contributed by atoms with van der Waals surface area (Å²) < 4.78 is 13.3. The van der Waals surface area contributed by atoms with Crippen molar-refractivity contribution in [3.05, 3.63) is 71.2 Å². The second-order valence-electron chi connectivity index (χ2n) is 6.12. The number of hydrogen-bond acceptors (Lipinski definition) is 2. The average molecular weight is 354 g/mol. The lowest BCUT2D eigenvalue weighted by atomic mass is 10.0. The van der Waals surface area contributed by atoms with Gasteiger partial charge in [0, 0.05) is 29.1 Å². The van der Waals surface area contributed by atoms with Gasteiger partial charge in [-0.15, -0.1) is 0 Å². The van der Waals surface area contributed by atoms with Crippen LogP contribution >= 0.6 is 0 Å². The van der Waals surface area contributed by atoms with Crippen molar-refractivity contribution < 1.29 is 19.1 Å². The number of fused-ring (bicyclic) bond motifs is 1. The molecule has 0 saturated heterocycles. The first kappa shape index (κ1) is 17.7. The predicted molar refractivity (Wildman–Crippen MR) is 96.7 cm³/mol. The van der Waals surface area contributed by atoms with Crippen LogP contribution in [-0.4, -0.2) is 28.0 Å². The SMILES string of the molecule is CCc1ccc(C(=O)NC(Cc2c[nH]c3cc(F)ccc23)C(=O)O)cc1. The molecule has 26 heavy (non-hydrogen) atoms. The van der Waals surface area contributed by atoms with Gasteiger partial charge in [-0.05, 0) is 47.9 Å². The van der Waals surface area contributed by atoms with Gasteiger partial charge in [0.05, 0.1) is 0 Å². The average Bonchev–Trinajstić information content (AvgIpc) is 3.02. The lowest BCUT2D eigenvalue weighted by molar-refractivity contribution is -0.139. The summed E-state index contributed by atoms with van der Waals surface area (Å²) in [6, 6.07) is 10.2. The van der Waals surface area contributed by atoms with E-state index in [-0.39, 0.29) is 12.2 Å². The molecule has 0 bridgehead atoms. The fraction of sp³-hybridized carbons (Fsp3) is 0.200. The Labute approximate surface area is 149 Å². The van der Waals surface area contributed by atoms with Gasteiger partial charge in [-0.3, -0.25) is 4.79 Å². The lowest BCUT2D eigenvalue weighted by Crippen LogP contribution is -2.42. The summed E-state index contributed by atoms with van der Waals surface area (Å²) >= 11 is 0. The summed E-state index contributed by atoms with van der Waals surface area (Å²) in [7, 11) is 0. The molecule has 0 spiro atoms. The first-order chi connectivity index (χ1) is 12.5. The molecule has 1 unspecified atom stereocenters. The van der Waals surface area contributed by atoms with Crippen LogP contribution in [0.15, 0.2) is 48.7 Å². The van der Waals surface area contributed by atoms with Crippen LogP contribution in [0.2, 0.25) is 0 Å². The highest BCUT2D eigenvalue weighted by Crippen LogP contribution is 2.20. The number of carbonyl (C=O) groups excluding carboxylic acids is 1. The highest BCUT2D eigenvalue weighted by Gasteiger charge is 2.22. The number of hydrogen-bond donors (Lipinski definition) is 3. The Morgan fingerprint density at radius 2 is 1.92 bits per heavy atom. The van der Waals surface area contributed by atoms with E-state index in [9.17, 15) is 19.1 Å². The molecule has 1 aromatic heterocycles. The normalized spacial score (nSPS) is 12.1. The number of aliphatic carboxylic acids is 1. The van der Waals surface area contributed by atoms with Gasteiger partial charge in [0.15, 0.2) is 0 Å². The number of halogens is 1. The summed E-state index contributed by atoms with van der Waals surface area (Å²) in [6.07, 6.45) is 2.60. The molecule has 3 rings (SSSR count). The van der Waals surface area contributed by atoms with Crippen molar-refractivity contribution in [2.75, 3.05) is 0 Å². The Kier molecular flexibility index (Phi) is 5.02. The highest BCUT2D eigenvalue weighted by atomic mass is 19.1. The first-order valence-corrected chi connectivity index (χ1v) is 8.36. The van der Waals surface area contributed by atoms with Crippen molar-refractivity contribution in [3.8, 4) is 0 Å². The van der Waals surface area contributed by atoms with Crippen LogP contribution in [0.5, 0.6) is 0 Å². The van der Waals surface area contributed by atoms with Crippen molar-refractivity contribution in [2.24, 2.45) is 0 Å². The second kappa shape index (κ2) is 7.39. The van der Waals surface area contributed by atoms with E-state index in [2.05, 4.69) is 10.3 Å². The molecule has 1 heterocycles. The summed E-state index contributed by atoms with van der Waals surface area (Å²) in [6.45, 7) is 2.02. The van der Waals surface area contributed by atoms with E-state index in [4.69, 9.17) is 0 Å². The molecular weight excluding hydrogens is 335 g/mol. The highest BCUT2D eigenvalue weighted by molar-refractivity contribution is 5.96. The second-order valence-corrected chi connectivity index (χ2v) is 6.12. The van der Waals surface area contributed by atoms with Crippen molar-refractivity contribution >= 4 is 22.8 Å². The lowest BCUT2D eigenvalue weighted by Gasteiger charge is -2.14. The van der Waals surface area contributed by atoms with E-state index in [1.165, 1.54) is 12.1 Å². The third-order valence-corrected chi connectivity index (χ3v) is 4.38. The van der Waals surface area contributed by atoms with Crippen molar-refractivity contribution in [2.45, 2.75) is 25.8 Å². The van der Waals surface area contributed by atoms with Crippen LogP contribution in [-0.2, 0) is 17.6 Å². The van der Waals surface area contributed by atoms with E-state index in [1.54, 1.807) is 24.4 Å². The van der Waals surface area contributed by atoms with E-state index >= 15 is 0 Å². The minimum Gasteiger partial charge on any atom is -0.480 e. The first-order valence-electron chi connectivity index (χ1n) is 8.36.